The molecule has 7 heteroatoms. The van der Waals surface area contributed by atoms with Gasteiger partial charge in [-0.15, -0.1) is 11.3 Å². The molecular formula is C12H15N3O2S2. The number of thiazole rings is 1. The molecule has 1 aromatic heterocycles. The van der Waals surface area contributed by atoms with Gasteiger partial charge in [0, 0.05) is 23.7 Å². The Kier molecular flexibility index (Phi) is 4.31. The van der Waals surface area contributed by atoms with Crippen LogP contribution in [-0.2, 0) is 16.6 Å². The molecule has 1 heterocycles. The van der Waals surface area contributed by atoms with Crippen molar-refractivity contribution < 1.29 is 8.42 Å². The summed E-state index contributed by atoms with van der Waals surface area (Å²) in [6, 6.07) is 6.76. The maximum atomic E-state index is 11.1. The van der Waals surface area contributed by atoms with E-state index in [4.69, 9.17) is 5.14 Å². The van der Waals surface area contributed by atoms with Gasteiger partial charge in [0.1, 0.15) is 0 Å². The summed E-state index contributed by atoms with van der Waals surface area (Å²) in [6.07, 6.45) is 1.84. The summed E-state index contributed by atoms with van der Waals surface area (Å²) in [5.41, 5.74) is 2.80. The zero-order valence-electron chi connectivity index (χ0n) is 10.4. The minimum absolute atomic E-state index is 0.131. The van der Waals surface area contributed by atoms with Gasteiger partial charge in [0.05, 0.1) is 10.4 Å². The van der Waals surface area contributed by atoms with Crippen LogP contribution in [0.2, 0.25) is 0 Å². The van der Waals surface area contributed by atoms with Crippen molar-refractivity contribution in [3.8, 4) is 0 Å². The van der Waals surface area contributed by atoms with E-state index >= 15 is 0 Å². The molecule has 0 aliphatic heterocycles. The van der Waals surface area contributed by atoms with E-state index in [0.717, 1.165) is 5.56 Å². The second-order valence-corrected chi connectivity index (χ2v) is 6.67. The molecule has 102 valence electrons. The topological polar surface area (TPSA) is 85.1 Å². The smallest absolute Gasteiger partial charge is 0.238 e. The lowest BCUT2D eigenvalue weighted by atomic mass is 10.2. The number of benzene rings is 1. The van der Waals surface area contributed by atoms with Crippen LogP contribution in [0.15, 0.2) is 40.9 Å². The van der Waals surface area contributed by atoms with Crippen LogP contribution < -0.4 is 10.5 Å². The summed E-state index contributed by atoms with van der Waals surface area (Å²) in [4.78, 5) is 5.33. The van der Waals surface area contributed by atoms with Gasteiger partial charge in [-0.05, 0) is 24.6 Å². The number of nitrogens with one attached hydrogen (secondary N) is 1. The molecule has 0 radical (unpaired) electrons. The highest BCUT2D eigenvalue weighted by atomic mass is 32.2. The fraction of sp³-hybridized carbons (Fsp3) is 0.250. The average molecular weight is 297 g/mol. The molecule has 0 amide bonds. The maximum Gasteiger partial charge on any atom is 0.238 e. The van der Waals surface area contributed by atoms with Crippen LogP contribution >= 0.6 is 11.3 Å². The van der Waals surface area contributed by atoms with Crippen molar-refractivity contribution in [3.05, 3.63) is 46.4 Å². The quantitative estimate of drug-likeness (QED) is 0.878. The minimum Gasteiger partial charge on any atom is -0.305 e. The van der Waals surface area contributed by atoms with Gasteiger partial charge in [-0.1, -0.05) is 12.1 Å². The summed E-state index contributed by atoms with van der Waals surface area (Å²) in [5, 5.41) is 8.39. The molecule has 0 aliphatic rings. The molecule has 0 saturated carbocycles. The average Bonchev–Trinajstić information content (AvgIpc) is 2.89. The van der Waals surface area contributed by atoms with Gasteiger partial charge in [-0.3, -0.25) is 4.98 Å². The van der Waals surface area contributed by atoms with Gasteiger partial charge < -0.3 is 5.32 Å². The van der Waals surface area contributed by atoms with Crippen molar-refractivity contribution in [2.75, 3.05) is 0 Å². The fourth-order valence-corrected chi connectivity index (χ4v) is 2.78. The lowest BCUT2D eigenvalue weighted by molar-refractivity contribution is 0.581. The Balaban J connectivity index is 1.97. The van der Waals surface area contributed by atoms with Crippen LogP contribution in [0.3, 0.4) is 0 Å². The number of nitrogens with zero attached hydrogens (tertiary/aromatic N) is 1. The number of nitrogens with two attached hydrogens (primary N) is 1. The SMILES string of the molecule is CC(NCc1ccc(S(N)(=O)=O)cc1)c1cncs1. The van der Waals surface area contributed by atoms with Crippen LogP contribution in [0.5, 0.6) is 0 Å². The molecule has 3 N–H and O–H groups in total. The standard InChI is InChI=1S/C12H15N3O2S2/c1-9(12-7-14-8-18-12)15-6-10-2-4-11(5-3-10)19(13,16)17/h2-5,7-9,15H,6H2,1H3,(H2,13,16,17). The largest absolute Gasteiger partial charge is 0.305 e. The van der Waals surface area contributed by atoms with Crippen LogP contribution in [0.1, 0.15) is 23.4 Å². The first-order valence-corrected chi connectivity index (χ1v) is 8.13. The number of rotatable bonds is 5. The highest BCUT2D eigenvalue weighted by molar-refractivity contribution is 7.89. The Morgan fingerprint density at radius 2 is 2.05 bits per heavy atom. The van der Waals surface area contributed by atoms with E-state index in [9.17, 15) is 8.42 Å². The monoisotopic (exact) mass is 297 g/mol. The van der Waals surface area contributed by atoms with Crippen LogP contribution in [0, 0.1) is 0 Å². The van der Waals surface area contributed by atoms with Crippen molar-refractivity contribution in [1.82, 2.24) is 10.3 Å². The first-order valence-electron chi connectivity index (χ1n) is 5.70. The second kappa shape index (κ2) is 5.79. The van der Waals surface area contributed by atoms with E-state index in [0.29, 0.717) is 6.54 Å². The lowest BCUT2D eigenvalue weighted by Gasteiger charge is -2.11. The molecular weight excluding hydrogens is 282 g/mol. The van der Waals surface area contributed by atoms with E-state index in [2.05, 4.69) is 17.2 Å². The van der Waals surface area contributed by atoms with Gasteiger partial charge in [0.2, 0.25) is 10.0 Å². The van der Waals surface area contributed by atoms with E-state index in [1.54, 1.807) is 29.0 Å². The molecule has 2 aromatic rings. The highest BCUT2D eigenvalue weighted by Gasteiger charge is 2.08. The van der Waals surface area contributed by atoms with Crippen molar-refractivity contribution >= 4 is 21.4 Å². The highest BCUT2D eigenvalue weighted by Crippen LogP contribution is 2.17. The van der Waals surface area contributed by atoms with Gasteiger partial charge in [-0.25, -0.2) is 13.6 Å². The molecule has 0 spiro atoms. The normalized spacial score (nSPS) is 13.4. The van der Waals surface area contributed by atoms with Crippen LogP contribution in [0.4, 0.5) is 0 Å². The number of hydrogen-bond acceptors (Lipinski definition) is 5. The van der Waals surface area contributed by atoms with Crippen molar-refractivity contribution in [1.29, 1.82) is 0 Å². The first kappa shape index (κ1) is 14.1. The number of primary sulfonamides is 1. The third-order valence-corrected chi connectivity index (χ3v) is 4.63. The Bertz CT molecular complexity index is 622. The van der Waals surface area contributed by atoms with Crippen molar-refractivity contribution in [3.63, 3.8) is 0 Å². The summed E-state index contributed by atoms with van der Waals surface area (Å²) >= 11 is 1.60. The Hall–Kier alpha value is -1.28. The van der Waals surface area contributed by atoms with E-state index < -0.39 is 10.0 Å². The number of sulfonamides is 1. The lowest BCUT2D eigenvalue weighted by Crippen LogP contribution is -2.17. The van der Waals surface area contributed by atoms with Gasteiger partial charge >= 0.3 is 0 Å². The maximum absolute atomic E-state index is 11.1. The zero-order valence-corrected chi connectivity index (χ0v) is 12.0. The van der Waals surface area contributed by atoms with Crippen molar-refractivity contribution in [2.45, 2.75) is 24.4 Å². The van der Waals surface area contributed by atoms with Crippen LogP contribution in [-0.4, -0.2) is 13.4 Å². The predicted molar refractivity (Wildman–Crippen MR) is 75.2 cm³/mol. The molecule has 2 rings (SSSR count). The molecule has 0 fully saturated rings. The third-order valence-electron chi connectivity index (χ3n) is 2.74. The van der Waals surface area contributed by atoms with E-state index in [-0.39, 0.29) is 10.9 Å². The Morgan fingerprint density at radius 3 is 2.58 bits per heavy atom. The molecule has 0 aliphatic carbocycles. The van der Waals surface area contributed by atoms with Gasteiger partial charge in [0.15, 0.2) is 0 Å². The number of hydrogen-bond donors (Lipinski definition) is 2. The summed E-state index contributed by atoms with van der Waals surface area (Å²) in [7, 11) is -3.61. The van der Waals surface area contributed by atoms with Crippen LogP contribution in [0.25, 0.3) is 0 Å². The summed E-state index contributed by atoms with van der Waals surface area (Å²) in [6.45, 7) is 2.72. The molecule has 1 unspecified atom stereocenters. The third kappa shape index (κ3) is 3.84. The second-order valence-electron chi connectivity index (χ2n) is 4.20. The summed E-state index contributed by atoms with van der Waals surface area (Å²) in [5.74, 6) is 0. The fourth-order valence-electron chi connectivity index (χ4n) is 1.61. The molecule has 0 saturated heterocycles. The summed E-state index contributed by atoms with van der Waals surface area (Å²) < 4.78 is 22.2. The molecule has 5 nitrogen and oxygen atoms in total. The molecule has 19 heavy (non-hydrogen) atoms. The Morgan fingerprint density at radius 1 is 1.37 bits per heavy atom. The zero-order chi connectivity index (χ0) is 13.9. The first-order chi connectivity index (χ1) is 8.97. The molecule has 1 aromatic carbocycles. The number of aromatic nitrogens is 1. The van der Waals surface area contributed by atoms with Gasteiger partial charge in [0.25, 0.3) is 0 Å². The Labute approximate surface area is 116 Å². The van der Waals surface area contributed by atoms with Crippen molar-refractivity contribution in [2.24, 2.45) is 5.14 Å². The molecule has 1 atom stereocenters. The van der Waals surface area contributed by atoms with E-state index in [1.165, 1.54) is 17.0 Å². The predicted octanol–water partition coefficient (Wildman–Crippen LogP) is 1.64. The molecule has 0 bridgehead atoms. The van der Waals surface area contributed by atoms with Gasteiger partial charge in [-0.2, -0.15) is 0 Å². The van der Waals surface area contributed by atoms with E-state index in [1.807, 2.05) is 6.20 Å². The minimum atomic E-state index is -3.61.